The smallest absolute Gasteiger partial charge is 0.191 e. The molecule has 1 heterocycles. The quantitative estimate of drug-likeness (QED) is 0.555. The third kappa shape index (κ3) is 4.03. The van der Waals surface area contributed by atoms with Crippen molar-refractivity contribution in [3.63, 3.8) is 0 Å². The highest BCUT2D eigenvalue weighted by Gasteiger charge is 2.19. The fourth-order valence-electron chi connectivity index (χ4n) is 2.40. The third-order valence-corrected chi connectivity index (χ3v) is 4.22. The molecule has 1 aromatic rings. The fourth-order valence-corrected chi connectivity index (χ4v) is 3.21. The second-order valence-corrected chi connectivity index (χ2v) is 5.84. The summed E-state index contributed by atoms with van der Waals surface area (Å²) in [5.74, 6) is 2.03. The van der Waals surface area contributed by atoms with Gasteiger partial charge in [-0.1, -0.05) is 37.4 Å². The van der Waals surface area contributed by atoms with Gasteiger partial charge in [0.2, 0.25) is 0 Å². The topological polar surface area (TPSA) is 98.1 Å². The molecule has 0 aliphatic heterocycles. The minimum Gasteiger partial charge on any atom is -0.392 e. The molecular weight excluding hydrogens is 248 g/mol. The number of aromatic nitrogens is 2. The van der Waals surface area contributed by atoms with Crippen molar-refractivity contribution in [3.05, 3.63) is 6.07 Å². The maximum Gasteiger partial charge on any atom is 0.191 e. The molecule has 6 heteroatoms. The zero-order valence-electron chi connectivity index (χ0n) is 10.4. The van der Waals surface area contributed by atoms with Gasteiger partial charge in [-0.3, -0.25) is 0 Å². The molecule has 0 spiro atoms. The second-order valence-electron chi connectivity index (χ2n) is 4.85. The number of hydrogen-bond acceptors (Lipinski definition) is 6. The monoisotopic (exact) mass is 268 g/mol. The Morgan fingerprint density at radius 1 is 1.28 bits per heavy atom. The number of nitrogen functional groups attached to an aromatic ring is 2. The molecule has 1 saturated carbocycles. The normalized spacial score (nSPS) is 18.1. The van der Waals surface area contributed by atoms with E-state index in [1.54, 1.807) is 0 Å². The van der Waals surface area contributed by atoms with Crippen LogP contribution < -0.4 is 11.5 Å². The summed E-state index contributed by atoms with van der Waals surface area (Å²) in [4.78, 5) is 8.15. The van der Waals surface area contributed by atoms with Gasteiger partial charge in [0.25, 0.3) is 0 Å². The van der Waals surface area contributed by atoms with E-state index in [0.29, 0.717) is 28.5 Å². The van der Waals surface area contributed by atoms with Gasteiger partial charge in [0.05, 0.1) is 6.10 Å². The lowest BCUT2D eigenvalue weighted by Gasteiger charge is -2.14. The van der Waals surface area contributed by atoms with Crippen LogP contribution in [0.3, 0.4) is 0 Å². The minimum atomic E-state index is -0.302. The predicted molar refractivity (Wildman–Crippen MR) is 74.2 cm³/mol. The molecule has 100 valence electrons. The van der Waals surface area contributed by atoms with Gasteiger partial charge in [0.15, 0.2) is 5.16 Å². The lowest BCUT2D eigenvalue weighted by Crippen LogP contribution is -2.14. The van der Waals surface area contributed by atoms with Crippen molar-refractivity contribution in [3.8, 4) is 0 Å². The highest BCUT2D eigenvalue weighted by molar-refractivity contribution is 7.99. The zero-order chi connectivity index (χ0) is 13.0. The molecule has 2 rings (SSSR count). The molecule has 1 unspecified atom stereocenters. The summed E-state index contributed by atoms with van der Waals surface area (Å²) in [5, 5.41) is 10.5. The summed E-state index contributed by atoms with van der Waals surface area (Å²) >= 11 is 1.41. The highest BCUT2D eigenvalue weighted by Crippen LogP contribution is 2.29. The molecule has 1 fully saturated rings. The van der Waals surface area contributed by atoms with E-state index in [9.17, 15) is 5.11 Å². The molecule has 0 radical (unpaired) electrons. The number of thioether (sulfide) groups is 1. The molecule has 5 nitrogen and oxygen atoms in total. The van der Waals surface area contributed by atoms with Gasteiger partial charge in [0.1, 0.15) is 11.6 Å². The zero-order valence-corrected chi connectivity index (χ0v) is 11.2. The minimum absolute atomic E-state index is 0.302. The molecule has 0 bridgehead atoms. The number of aliphatic hydroxyl groups is 1. The Morgan fingerprint density at radius 3 is 2.50 bits per heavy atom. The molecule has 0 aromatic carbocycles. The van der Waals surface area contributed by atoms with Gasteiger partial charge in [-0.15, -0.1) is 0 Å². The highest BCUT2D eigenvalue weighted by atomic mass is 32.2. The Kier molecular flexibility index (Phi) is 4.66. The maximum atomic E-state index is 9.97. The van der Waals surface area contributed by atoms with E-state index in [4.69, 9.17) is 11.5 Å². The van der Waals surface area contributed by atoms with Crippen molar-refractivity contribution < 1.29 is 5.11 Å². The van der Waals surface area contributed by atoms with Crippen LogP contribution in [-0.4, -0.2) is 26.9 Å². The Hall–Kier alpha value is -1.01. The fraction of sp³-hybridized carbons (Fsp3) is 0.667. The van der Waals surface area contributed by atoms with Crippen LogP contribution in [0.25, 0.3) is 0 Å². The standard InChI is InChI=1S/C12H20N4OS/c13-10-6-11(14)16-12(15-10)18-7-9(17)5-8-3-1-2-4-8/h6,8-9,17H,1-5,7H2,(H4,13,14,15,16). The van der Waals surface area contributed by atoms with E-state index in [-0.39, 0.29) is 6.10 Å². The van der Waals surface area contributed by atoms with Crippen molar-refractivity contribution in [1.82, 2.24) is 9.97 Å². The van der Waals surface area contributed by atoms with E-state index in [0.717, 1.165) is 6.42 Å². The maximum absolute atomic E-state index is 9.97. The van der Waals surface area contributed by atoms with Crippen molar-refractivity contribution in [1.29, 1.82) is 0 Å². The number of nitrogens with zero attached hydrogens (tertiary/aromatic N) is 2. The second kappa shape index (κ2) is 6.24. The third-order valence-electron chi connectivity index (χ3n) is 3.23. The van der Waals surface area contributed by atoms with Crippen LogP contribution in [0.2, 0.25) is 0 Å². The van der Waals surface area contributed by atoms with Crippen molar-refractivity contribution in [2.75, 3.05) is 17.2 Å². The predicted octanol–water partition coefficient (Wildman–Crippen LogP) is 1.67. The number of rotatable bonds is 5. The van der Waals surface area contributed by atoms with E-state index in [1.165, 1.54) is 43.5 Å². The molecule has 18 heavy (non-hydrogen) atoms. The van der Waals surface area contributed by atoms with E-state index < -0.39 is 0 Å². The summed E-state index contributed by atoms with van der Waals surface area (Å²) in [5.41, 5.74) is 11.2. The summed E-state index contributed by atoms with van der Waals surface area (Å²) in [6.07, 6.45) is 5.70. The SMILES string of the molecule is Nc1cc(N)nc(SCC(O)CC2CCCC2)n1. The number of aliphatic hydroxyl groups excluding tert-OH is 1. The summed E-state index contributed by atoms with van der Waals surface area (Å²) < 4.78 is 0. The van der Waals surface area contributed by atoms with Gasteiger partial charge in [-0.2, -0.15) is 0 Å². The van der Waals surface area contributed by atoms with Crippen LogP contribution in [0.15, 0.2) is 11.2 Å². The van der Waals surface area contributed by atoms with Gasteiger partial charge < -0.3 is 16.6 Å². The summed E-state index contributed by atoms with van der Waals surface area (Å²) in [6, 6.07) is 1.53. The van der Waals surface area contributed by atoms with Crippen LogP contribution in [0.4, 0.5) is 11.6 Å². The van der Waals surface area contributed by atoms with E-state index in [1.807, 2.05) is 0 Å². The first-order valence-corrected chi connectivity index (χ1v) is 7.33. The largest absolute Gasteiger partial charge is 0.392 e. The van der Waals surface area contributed by atoms with Crippen LogP contribution in [0.1, 0.15) is 32.1 Å². The molecule has 5 N–H and O–H groups in total. The van der Waals surface area contributed by atoms with Gasteiger partial charge >= 0.3 is 0 Å². The Balaban J connectivity index is 1.79. The van der Waals surface area contributed by atoms with Crippen molar-refractivity contribution in [2.45, 2.75) is 43.4 Å². The summed E-state index contributed by atoms with van der Waals surface area (Å²) in [6.45, 7) is 0. The molecule has 0 amide bonds. The van der Waals surface area contributed by atoms with Crippen LogP contribution in [0, 0.1) is 5.92 Å². The Bertz CT molecular complexity index is 375. The summed E-state index contributed by atoms with van der Waals surface area (Å²) in [7, 11) is 0. The average Bonchev–Trinajstić information content (AvgIpc) is 2.78. The average molecular weight is 268 g/mol. The van der Waals surface area contributed by atoms with Crippen molar-refractivity contribution in [2.24, 2.45) is 5.92 Å². The van der Waals surface area contributed by atoms with Crippen LogP contribution in [-0.2, 0) is 0 Å². The Labute approximate surface area is 111 Å². The van der Waals surface area contributed by atoms with E-state index >= 15 is 0 Å². The molecule has 1 aliphatic carbocycles. The first kappa shape index (κ1) is 13.4. The lowest BCUT2D eigenvalue weighted by molar-refractivity contribution is 0.165. The first-order chi connectivity index (χ1) is 8.63. The molecule has 1 aliphatic rings. The number of hydrogen-bond donors (Lipinski definition) is 3. The molecular formula is C12H20N4OS. The molecule has 1 atom stereocenters. The Morgan fingerprint density at radius 2 is 1.89 bits per heavy atom. The van der Waals surface area contributed by atoms with Crippen LogP contribution >= 0.6 is 11.8 Å². The molecule has 0 saturated heterocycles. The number of nitrogens with two attached hydrogens (primary N) is 2. The van der Waals surface area contributed by atoms with Gasteiger partial charge in [0, 0.05) is 11.8 Å². The van der Waals surface area contributed by atoms with Gasteiger partial charge in [-0.25, -0.2) is 9.97 Å². The number of anilines is 2. The molecule has 1 aromatic heterocycles. The lowest BCUT2D eigenvalue weighted by atomic mass is 10.0. The van der Waals surface area contributed by atoms with Gasteiger partial charge in [-0.05, 0) is 12.3 Å². The van der Waals surface area contributed by atoms with Crippen LogP contribution in [0.5, 0.6) is 0 Å². The van der Waals surface area contributed by atoms with E-state index in [2.05, 4.69) is 9.97 Å². The van der Waals surface area contributed by atoms with Crippen molar-refractivity contribution >= 4 is 23.4 Å². The first-order valence-electron chi connectivity index (χ1n) is 6.34.